The van der Waals surface area contributed by atoms with Gasteiger partial charge in [-0.2, -0.15) is 0 Å². The third-order valence-electron chi connectivity index (χ3n) is 4.56. The summed E-state index contributed by atoms with van der Waals surface area (Å²) in [5.74, 6) is 0.239. The second-order valence-corrected chi connectivity index (χ2v) is 9.49. The zero-order valence-electron chi connectivity index (χ0n) is 16.0. The van der Waals surface area contributed by atoms with Crippen LogP contribution < -0.4 is 14.4 Å². The van der Waals surface area contributed by atoms with Gasteiger partial charge >= 0.3 is 0 Å². The highest BCUT2D eigenvalue weighted by Crippen LogP contribution is 2.38. The molecule has 0 saturated carbocycles. The van der Waals surface area contributed by atoms with E-state index in [1.54, 1.807) is 47.4 Å². The van der Waals surface area contributed by atoms with Gasteiger partial charge < -0.3 is 9.64 Å². The van der Waals surface area contributed by atoms with Crippen molar-refractivity contribution in [1.82, 2.24) is 0 Å². The number of anilines is 2. The van der Waals surface area contributed by atoms with Crippen LogP contribution in [0.2, 0.25) is 5.02 Å². The van der Waals surface area contributed by atoms with Crippen LogP contribution in [0.15, 0.2) is 42.5 Å². The van der Waals surface area contributed by atoms with E-state index in [1.165, 1.54) is 0 Å². The van der Waals surface area contributed by atoms with Gasteiger partial charge in [0.05, 0.1) is 22.5 Å². The number of hydrogen-bond acceptors (Lipinski definition) is 4. The number of ether oxygens (including phenoxy) is 1. The lowest BCUT2D eigenvalue weighted by atomic mass is 9.93. The molecule has 150 valence electrons. The fourth-order valence-electron chi connectivity index (χ4n) is 3.06. The molecule has 1 N–H and O–H groups in total. The molecule has 0 bridgehead atoms. The molecule has 1 amide bonds. The number of halogens is 1. The molecule has 8 heteroatoms. The molecule has 0 aromatic heterocycles. The van der Waals surface area contributed by atoms with E-state index in [1.807, 2.05) is 20.8 Å². The first-order chi connectivity index (χ1) is 13.1. The summed E-state index contributed by atoms with van der Waals surface area (Å²) in [6.45, 7) is 6.24. The third kappa shape index (κ3) is 4.25. The van der Waals surface area contributed by atoms with Gasteiger partial charge in [0.2, 0.25) is 15.9 Å². The molecule has 1 heterocycles. The quantitative estimate of drug-likeness (QED) is 0.788. The zero-order valence-corrected chi connectivity index (χ0v) is 17.6. The van der Waals surface area contributed by atoms with Gasteiger partial charge in [-0.3, -0.25) is 9.52 Å². The van der Waals surface area contributed by atoms with Gasteiger partial charge in [0, 0.05) is 11.6 Å². The highest BCUT2D eigenvalue weighted by Gasteiger charge is 2.37. The summed E-state index contributed by atoms with van der Waals surface area (Å²) in [7, 11) is -3.69. The number of fused-ring (bicyclic) bond motifs is 1. The Labute approximate surface area is 170 Å². The summed E-state index contributed by atoms with van der Waals surface area (Å²) in [5.41, 5.74) is 0.761. The summed E-state index contributed by atoms with van der Waals surface area (Å²) in [6.07, 6.45) is 0. The monoisotopic (exact) mass is 422 g/mol. The Morgan fingerprint density at radius 2 is 1.93 bits per heavy atom. The molecule has 0 fully saturated rings. The second kappa shape index (κ2) is 7.64. The number of sulfonamides is 1. The van der Waals surface area contributed by atoms with Crippen molar-refractivity contribution in [3.05, 3.63) is 53.1 Å². The smallest absolute Gasteiger partial charge is 0.236 e. The minimum absolute atomic E-state index is 0.0650. The third-order valence-corrected chi connectivity index (χ3v) is 6.16. The number of carbonyl (C=O) groups excluding carboxylic acids is 1. The lowest BCUT2D eigenvalue weighted by molar-refractivity contribution is -0.127. The van der Waals surface area contributed by atoms with E-state index in [4.69, 9.17) is 16.3 Å². The highest BCUT2D eigenvalue weighted by molar-refractivity contribution is 7.91. The van der Waals surface area contributed by atoms with Gasteiger partial charge in [-0.25, -0.2) is 8.42 Å². The fraction of sp³-hybridized carbons (Fsp3) is 0.350. The molecule has 1 aliphatic rings. The maximum absolute atomic E-state index is 12.8. The van der Waals surface area contributed by atoms with Gasteiger partial charge in [0.25, 0.3) is 0 Å². The molecule has 2 aromatic rings. The lowest BCUT2D eigenvalue weighted by Crippen LogP contribution is -2.42. The summed E-state index contributed by atoms with van der Waals surface area (Å²) < 4.78 is 33.6. The van der Waals surface area contributed by atoms with E-state index < -0.39 is 15.4 Å². The molecule has 0 saturated heterocycles. The van der Waals surface area contributed by atoms with Crippen molar-refractivity contribution in [1.29, 1.82) is 0 Å². The first kappa shape index (κ1) is 20.5. The molecule has 0 spiro atoms. The van der Waals surface area contributed by atoms with Crippen molar-refractivity contribution in [3.63, 3.8) is 0 Å². The van der Waals surface area contributed by atoms with Crippen LogP contribution >= 0.6 is 11.6 Å². The number of benzene rings is 2. The van der Waals surface area contributed by atoms with Gasteiger partial charge in [-0.1, -0.05) is 29.8 Å². The molecule has 2 aromatic carbocycles. The Bertz CT molecular complexity index is 1010. The maximum atomic E-state index is 12.8. The predicted octanol–water partition coefficient (Wildman–Crippen LogP) is 4.05. The average Bonchev–Trinajstić information content (AvgIpc) is 2.71. The molecule has 0 unspecified atom stereocenters. The Balaban J connectivity index is 1.89. The largest absolute Gasteiger partial charge is 0.490 e. The van der Waals surface area contributed by atoms with Gasteiger partial charge in [0.15, 0.2) is 0 Å². The first-order valence-corrected chi connectivity index (χ1v) is 11.0. The van der Waals surface area contributed by atoms with Crippen molar-refractivity contribution in [2.45, 2.75) is 26.5 Å². The van der Waals surface area contributed by atoms with E-state index in [9.17, 15) is 13.2 Å². The number of rotatable bonds is 5. The predicted molar refractivity (Wildman–Crippen MR) is 111 cm³/mol. The maximum Gasteiger partial charge on any atom is 0.236 e. The normalized spacial score (nSPS) is 16.1. The summed E-state index contributed by atoms with van der Waals surface area (Å²) in [6, 6.07) is 11.7. The molecular weight excluding hydrogens is 400 g/mol. The topological polar surface area (TPSA) is 75.7 Å². The highest BCUT2D eigenvalue weighted by atomic mass is 35.5. The Morgan fingerprint density at radius 1 is 1.21 bits per heavy atom. The van der Waals surface area contributed by atoms with E-state index in [0.29, 0.717) is 34.3 Å². The Morgan fingerprint density at radius 3 is 2.61 bits per heavy atom. The summed E-state index contributed by atoms with van der Waals surface area (Å²) in [5, 5.41) is 0.396. The molecule has 0 aliphatic carbocycles. The number of amides is 1. The van der Waals surface area contributed by atoms with Crippen molar-refractivity contribution in [3.8, 4) is 5.75 Å². The number of nitrogens with one attached hydrogen (secondary N) is 1. The van der Waals surface area contributed by atoms with Crippen molar-refractivity contribution in [2.24, 2.45) is 5.41 Å². The summed E-state index contributed by atoms with van der Waals surface area (Å²) in [4.78, 5) is 14.4. The van der Waals surface area contributed by atoms with Crippen LogP contribution in [-0.4, -0.2) is 27.5 Å². The standard InChI is InChI=1S/C20H23ClN2O4S/c1-4-23-17-11-15(9-10-18(17)27-13-20(2,3)19(23)24)22-28(25,26)12-14-7-5-6-8-16(14)21/h5-11,22H,4,12-13H2,1-3H3. The van der Waals surface area contributed by atoms with Gasteiger partial charge in [-0.05, 0) is 50.6 Å². The fourth-order valence-corrected chi connectivity index (χ4v) is 4.56. The Kier molecular flexibility index (Phi) is 5.59. The molecule has 6 nitrogen and oxygen atoms in total. The van der Waals surface area contributed by atoms with Crippen molar-refractivity contribution < 1.29 is 17.9 Å². The molecule has 0 radical (unpaired) electrons. The van der Waals surface area contributed by atoms with Crippen LogP contribution in [0.4, 0.5) is 11.4 Å². The Hall–Kier alpha value is -2.25. The molecule has 1 aliphatic heterocycles. The number of hydrogen-bond donors (Lipinski definition) is 1. The number of nitrogens with zero attached hydrogens (tertiary/aromatic N) is 1. The van der Waals surface area contributed by atoms with E-state index >= 15 is 0 Å². The van der Waals surface area contributed by atoms with Crippen LogP contribution in [0.3, 0.4) is 0 Å². The van der Waals surface area contributed by atoms with Crippen molar-refractivity contribution >= 4 is 38.9 Å². The van der Waals surface area contributed by atoms with E-state index in [-0.39, 0.29) is 18.3 Å². The molecule has 3 rings (SSSR count). The molecular formula is C20H23ClN2O4S. The minimum atomic E-state index is -3.69. The lowest BCUT2D eigenvalue weighted by Gasteiger charge is -2.27. The van der Waals surface area contributed by atoms with Crippen LogP contribution in [0.1, 0.15) is 26.3 Å². The molecule has 0 atom stereocenters. The second-order valence-electron chi connectivity index (χ2n) is 7.36. The van der Waals surface area contributed by atoms with Crippen LogP contribution in [0, 0.1) is 5.41 Å². The SMILES string of the molecule is CCN1C(=O)C(C)(C)COc2ccc(NS(=O)(=O)Cc3ccccc3Cl)cc21. The van der Waals surface area contributed by atoms with Gasteiger partial charge in [0.1, 0.15) is 12.4 Å². The zero-order chi connectivity index (χ0) is 20.5. The van der Waals surface area contributed by atoms with Crippen LogP contribution in [-0.2, 0) is 20.6 Å². The number of carbonyl (C=O) groups is 1. The van der Waals surface area contributed by atoms with Crippen molar-refractivity contribution in [2.75, 3.05) is 22.8 Å². The van der Waals surface area contributed by atoms with E-state index in [0.717, 1.165) is 0 Å². The average molecular weight is 423 g/mol. The summed E-state index contributed by atoms with van der Waals surface area (Å²) >= 11 is 6.07. The van der Waals surface area contributed by atoms with Gasteiger partial charge in [-0.15, -0.1) is 0 Å². The van der Waals surface area contributed by atoms with Crippen LogP contribution in [0.5, 0.6) is 5.75 Å². The van der Waals surface area contributed by atoms with E-state index in [2.05, 4.69) is 4.72 Å². The van der Waals surface area contributed by atoms with Crippen LogP contribution in [0.25, 0.3) is 0 Å². The first-order valence-electron chi connectivity index (χ1n) is 8.96. The minimum Gasteiger partial charge on any atom is -0.490 e. The molecule has 28 heavy (non-hydrogen) atoms.